The minimum absolute atomic E-state index is 0.00849. The summed E-state index contributed by atoms with van der Waals surface area (Å²) in [7, 11) is 1.43. The molecule has 2 N–H and O–H groups in total. The Hall–Kier alpha value is -2.18. The van der Waals surface area contributed by atoms with Crippen molar-refractivity contribution in [3.63, 3.8) is 0 Å². The number of hydrogen-bond donors (Lipinski definition) is 1. The summed E-state index contributed by atoms with van der Waals surface area (Å²) < 4.78 is 4.90. The fourth-order valence-electron chi connectivity index (χ4n) is 1.42. The standard InChI is InChI=1S/C9H10N4O3/c1-16-7-3-6(10)11-9(12-7)13-4-5(14)2-8(13)15/h3H,2,4H2,1H3,(H2,10,11,12). The van der Waals surface area contributed by atoms with Crippen molar-refractivity contribution in [1.82, 2.24) is 9.97 Å². The van der Waals surface area contributed by atoms with Crippen LogP contribution in [0.4, 0.5) is 11.8 Å². The van der Waals surface area contributed by atoms with Gasteiger partial charge in [-0.3, -0.25) is 14.5 Å². The van der Waals surface area contributed by atoms with Crippen LogP contribution in [-0.2, 0) is 9.59 Å². The van der Waals surface area contributed by atoms with E-state index >= 15 is 0 Å². The molecule has 0 radical (unpaired) electrons. The molecule has 0 aliphatic carbocycles. The first-order valence-electron chi connectivity index (χ1n) is 4.61. The van der Waals surface area contributed by atoms with Crippen molar-refractivity contribution in [2.24, 2.45) is 0 Å². The number of ether oxygens (including phenoxy) is 1. The van der Waals surface area contributed by atoms with Crippen LogP contribution in [0.2, 0.25) is 0 Å². The van der Waals surface area contributed by atoms with E-state index in [4.69, 9.17) is 10.5 Å². The maximum Gasteiger partial charge on any atom is 0.237 e. The van der Waals surface area contributed by atoms with Gasteiger partial charge in [0.15, 0.2) is 5.78 Å². The van der Waals surface area contributed by atoms with Crippen LogP contribution in [0, 0.1) is 0 Å². The second kappa shape index (κ2) is 3.76. The van der Waals surface area contributed by atoms with Gasteiger partial charge in [0.25, 0.3) is 0 Å². The highest BCUT2D eigenvalue weighted by molar-refractivity contribution is 6.14. The van der Waals surface area contributed by atoms with Gasteiger partial charge in [0.2, 0.25) is 17.7 Å². The highest BCUT2D eigenvalue weighted by atomic mass is 16.5. The van der Waals surface area contributed by atoms with Crippen LogP contribution in [0.5, 0.6) is 5.88 Å². The van der Waals surface area contributed by atoms with Crippen LogP contribution in [0.1, 0.15) is 6.42 Å². The normalized spacial score (nSPS) is 15.7. The molecule has 7 nitrogen and oxygen atoms in total. The lowest BCUT2D eigenvalue weighted by atomic mass is 10.3. The zero-order valence-corrected chi connectivity index (χ0v) is 8.64. The first-order valence-corrected chi connectivity index (χ1v) is 4.61. The Balaban J connectivity index is 2.36. The fourth-order valence-corrected chi connectivity index (χ4v) is 1.42. The number of amides is 1. The number of nitrogens with zero attached hydrogens (tertiary/aromatic N) is 3. The maximum absolute atomic E-state index is 11.4. The Kier molecular flexibility index (Phi) is 2.43. The summed E-state index contributed by atoms with van der Waals surface area (Å²) in [5.74, 6) is 0.0731. The monoisotopic (exact) mass is 222 g/mol. The van der Waals surface area contributed by atoms with E-state index in [-0.39, 0.29) is 42.3 Å². The van der Waals surface area contributed by atoms with Crippen molar-refractivity contribution in [1.29, 1.82) is 0 Å². The minimum Gasteiger partial charge on any atom is -0.481 e. The average Bonchev–Trinajstić information content (AvgIpc) is 2.57. The average molecular weight is 222 g/mol. The van der Waals surface area contributed by atoms with E-state index in [9.17, 15) is 9.59 Å². The second-order valence-electron chi connectivity index (χ2n) is 3.33. The highest BCUT2D eigenvalue weighted by Gasteiger charge is 2.30. The summed E-state index contributed by atoms with van der Waals surface area (Å²) in [6, 6.07) is 1.44. The molecule has 2 heterocycles. The molecule has 1 aromatic rings. The van der Waals surface area contributed by atoms with Gasteiger partial charge in [-0.1, -0.05) is 0 Å². The van der Waals surface area contributed by atoms with Gasteiger partial charge >= 0.3 is 0 Å². The predicted octanol–water partition coefficient (Wildman–Crippen LogP) is -0.627. The lowest BCUT2D eigenvalue weighted by molar-refractivity contribution is -0.121. The predicted molar refractivity (Wildman–Crippen MR) is 55.0 cm³/mol. The van der Waals surface area contributed by atoms with E-state index in [0.29, 0.717) is 0 Å². The van der Waals surface area contributed by atoms with E-state index in [1.54, 1.807) is 0 Å². The molecule has 1 saturated heterocycles. The first-order chi connectivity index (χ1) is 7.60. The van der Waals surface area contributed by atoms with Crippen LogP contribution in [0.3, 0.4) is 0 Å². The summed E-state index contributed by atoms with van der Waals surface area (Å²) in [6.07, 6.45) is -0.111. The van der Waals surface area contributed by atoms with Gasteiger partial charge < -0.3 is 10.5 Å². The topological polar surface area (TPSA) is 98.4 Å². The summed E-state index contributed by atoms with van der Waals surface area (Å²) in [5, 5.41) is 0. The maximum atomic E-state index is 11.4. The van der Waals surface area contributed by atoms with Crippen molar-refractivity contribution >= 4 is 23.5 Å². The summed E-state index contributed by atoms with van der Waals surface area (Å²) in [5.41, 5.74) is 5.53. The third-order valence-electron chi connectivity index (χ3n) is 2.15. The number of methoxy groups -OCH3 is 1. The first kappa shape index (κ1) is 10.3. The van der Waals surface area contributed by atoms with E-state index in [0.717, 1.165) is 0 Å². The molecule has 1 aromatic heterocycles. The third kappa shape index (κ3) is 1.79. The third-order valence-corrected chi connectivity index (χ3v) is 2.15. The molecule has 84 valence electrons. The molecule has 1 fully saturated rings. The number of nitrogens with two attached hydrogens (primary N) is 1. The van der Waals surface area contributed by atoms with Crippen molar-refractivity contribution < 1.29 is 14.3 Å². The Morgan fingerprint density at radius 1 is 1.44 bits per heavy atom. The van der Waals surface area contributed by atoms with Crippen LogP contribution < -0.4 is 15.4 Å². The lowest BCUT2D eigenvalue weighted by Crippen LogP contribution is -2.27. The number of anilines is 2. The second-order valence-corrected chi connectivity index (χ2v) is 3.33. The highest BCUT2D eigenvalue weighted by Crippen LogP contribution is 2.20. The quantitative estimate of drug-likeness (QED) is 0.669. The number of ketones is 1. The summed E-state index contributed by atoms with van der Waals surface area (Å²) in [4.78, 5) is 31.6. The number of Topliss-reactive ketones (excluding diaryl/α,β-unsaturated/α-hetero) is 1. The number of carbonyl (C=O) groups is 2. The molecule has 16 heavy (non-hydrogen) atoms. The molecular weight excluding hydrogens is 212 g/mol. The molecule has 0 spiro atoms. The molecule has 0 aromatic carbocycles. The van der Waals surface area contributed by atoms with E-state index in [1.165, 1.54) is 18.1 Å². The molecule has 1 amide bonds. The smallest absolute Gasteiger partial charge is 0.237 e. The number of rotatable bonds is 2. The van der Waals surface area contributed by atoms with Gasteiger partial charge in [0, 0.05) is 6.07 Å². The number of nitrogen functional groups attached to an aromatic ring is 1. The van der Waals surface area contributed by atoms with Crippen molar-refractivity contribution in [3.8, 4) is 5.88 Å². The van der Waals surface area contributed by atoms with Gasteiger partial charge in [0.1, 0.15) is 5.82 Å². The molecule has 7 heteroatoms. The van der Waals surface area contributed by atoms with Gasteiger partial charge in [-0.15, -0.1) is 0 Å². The molecular formula is C9H10N4O3. The Bertz CT molecular complexity index is 460. The van der Waals surface area contributed by atoms with Crippen molar-refractivity contribution in [2.75, 3.05) is 24.3 Å². The zero-order valence-electron chi connectivity index (χ0n) is 8.64. The Labute approximate surface area is 91.2 Å². The molecule has 2 rings (SSSR count). The van der Waals surface area contributed by atoms with E-state index in [1.807, 2.05) is 0 Å². The molecule has 0 bridgehead atoms. The fraction of sp³-hybridized carbons (Fsp3) is 0.333. The number of aromatic nitrogens is 2. The Morgan fingerprint density at radius 2 is 2.19 bits per heavy atom. The zero-order chi connectivity index (χ0) is 11.7. The van der Waals surface area contributed by atoms with Crippen LogP contribution >= 0.6 is 0 Å². The Morgan fingerprint density at radius 3 is 2.75 bits per heavy atom. The number of hydrogen-bond acceptors (Lipinski definition) is 6. The molecule has 1 aliphatic heterocycles. The van der Waals surface area contributed by atoms with Crippen molar-refractivity contribution in [3.05, 3.63) is 6.07 Å². The SMILES string of the molecule is COc1cc(N)nc(N2CC(=O)CC2=O)n1. The largest absolute Gasteiger partial charge is 0.481 e. The number of carbonyl (C=O) groups excluding carboxylic acids is 2. The van der Waals surface area contributed by atoms with E-state index < -0.39 is 0 Å². The van der Waals surface area contributed by atoms with Crippen LogP contribution in [-0.4, -0.2) is 35.3 Å². The van der Waals surface area contributed by atoms with Gasteiger partial charge in [-0.2, -0.15) is 9.97 Å². The van der Waals surface area contributed by atoms with Gasteiger partial charge in [-0.25, -0.2) is 0 Å². The van der Waals surface area contributed by atoms with E-state index in [2.05, 4.69) is 9.97 Å². The molecule has 0 atom stereocenters. The molecule has 0 saturated carbocycles. The molecule has 1 aliphatic rings. The molecule has 0 unspecified atom stereocenters. The van der Waals surface area contributed by atoms with Crippen LogP contribution in [0.15, 0.2) is 6.07 Å². The minimum atomic E-state index is -0.322. The summed E-state index contributed by atoms with van der Waals surface area (Å²) in [6.45, 7) is -0.00849. The van der Waals surface area contributed by atoms with Gasteiger partial charge in [-0.05, 0) is 0 Å². The van der Waals surface area contributed by atoms with Gasteiger partial charge in [0.05, 0.1) is 20.1 Å². The lowest BCUT2D eigenvalue weighted by Gasteiger charge is -2.13. The summed E-state index contributed by atoms with van der Waals surface area (Å²) >= 11 is 0. The van der Waals surface area contributed by atoms with Crippen LogP contribution in [0.25, 0.3) is 0 Å². The van der Waals surface area contributed by atoms with Crippen molar-refractivity contribution in [2.45, 2.75) is 6.42 Å².